The van der Waals surface area contributed by atoms with Crippen LogP contribution in [-0.2, 0) is 10.8 Å². The van der Waals surface area contributed by atoms with Crippen molar-refractivity contribution in [2.45, 2.75) is 45.8 Å². The van der Waals surface area contributed by atoms with Gasteiger partial charge in [-0.1, -0.05) is 29.8 Å². The van der Waals surface area contributed by atoms with Crippen LogP contribution in [0.25, 0.3) is 5.76 Å². The number of allylic oxidation sites excluding steroid dienone is 2. The number of fused-ring (bicyclic) bond motifs is 1. The third-order valence-electron chi connectivity index (χ3n) is 3.52. The lowest BCUT2D eigenvalue weighted by molar-refractivity contribution is 0.496. The molecule has 102 valence electrons. The molecule has 0 fully saturated rings. The van der Waals surface area contributed by atoms with Gasteiger partial charge >= 0.3 is 0 Å². The molecule has 0 heterocycles. The molecule has 0 spiro atoms. The van der Waals surface area contributed by atoms with Gasteiger partial charge in [0.05, 0.1) is 0 Å². The molecule has 0 bridgehead atoms. The first-order chi connectivity index (χ1) is 8.89. The first-order valence-electron chi connectivity index (χ1n) is 7.00. The Bertz CT molecular complexity index is 526. The van der Waals surface area contributed by atoms with Gasteiger partial charge in [0.1, 0.15) is 5.76 Å². The summed E-state index contributed by atoms with van der Waals surface area (Å²) in [6.07, 6.45) is 2.25. The minimum Gasteiger partial charge on any atom is -0.543 e. The normalized spacial score (nSPS) is 15.2. The molecule has 0 saturated carbocycles. The third-order valence-corrected chi connectivity index (χ3v) is 5.74. The number of hydrogen-bond donors (Lipinski definition) is 0. The van der Waals surface area contributed by atoms with Gasteiger partial charge in [0.2, 0.25) is 8.32 Å². The minimum atomic E-state index is -1.72. The van der Waals surface area contributed by atoms with Crippen LogP contribution >= 0.6 is 0 Å². The average Bonchev–Trinajstić information content (AvgIpc) is 2.31. The second-order valence-corrected chi connectivity index (χ2v) is 10.3. The van der Waals surface area contributed by atoms with E-state index in [0.717, 1.165) is 24.6 Å². The largest absolute Gasteiger partial charge is 0.543 e. The van der Waals surface area contributed by atoms with Gasteiger partial charge in [0.25, 0.3) is 0 Å². The van der Waals surface area contributed by atoms with Crippen molar-refractivity contribution in [3.8, 4) is 0 Å². The number of aryl methyl sites for hydroxylation is 1. The van der Waals surface area contributed by atoms with Crippen LogP contribution in [0.5, 0.6) is 0 Å². The zero-order chi connectivity index (χ0) is 14.0. The van der Waals surface area contributed by atoms with Crippen LogP contribution < -0.4 is 0 Å². The molecule has 0 unspecified atom stereocenters. The lowest BCUT2D eigenvalue weighted by Crippen LogP contribution is -2.30. The smallest absolute Gasteiger partial charge is 0.249 e. The molecule has 1 aliphatic rings. The zero-order valence-corrected chi connectivity index (χ0v) is 13.5. The number of benzene rings is 1. The van der Waals surface area contributed by atoms with E-state index in [-0.39, 0.29) is 0 Å². The monoisotopic (exact) mass is 272 g/mol. The number of hydrogen-bond acceptors (Lipinski definition) is 1. The van der Waals surface area contributed by atoms with Crippen molar-refractivity contribution >= 4 is 14.1 Å². The predicted molar refractivity (Wildman–Crippen MR) is 85.5 cm³/mol. The van der Waals surface area contributed by atoms with Gasteiger partial charge < -0.3 is 4.43 Å². The molecule has 1 aromatic rings. The highest BCUT2D eigenvalue weighted by atomic mass is 28.4. The standard InChI is InChI=1S/C17H24OSi/c1-13(2)12-19(4,5)18-17-14(3)10-11-15-8-6-7-9-16(15)17/h6-9H,1,10-12H2,2-5H3. The maximum absolute atomic E-state index is 6.49. The van der Waals surface area contributed by atoms with Gasteiger partial charge in [-0.2, -0.15) is 0 Å². The van der Waals surface area contributed by atoms with E-state index in [1.54, 1.807) is 0 Å². The Hall–Kier alpha value is -1.28. The quantitative estimate of drug-likeness (QED) is 0.543. The van der Waals surface area contributed by atoms with Gasteiger partial charge in [-0.3, -0.25) is 0 Å². The molecule has 0 amide bonds. The molecule has 2 heteroatoms. The summed E-state index contributed by atoms with van der Waals surface area (Å²) in [6.45, 7) is 12.9. The molecular formula is C17H24OSi. The zero-order valence-electron chi connectivity index (χ0n) is 12.5. The van der Waals surface area contributed by atoms with E-state index in [9.17, 15) is 0 Å². The predicted octanol–water partition coefficient (Wildman–Crippen LogP) is 5.16. The lowest BCUT2D eigenvalue weighted by atomic mass is 9.91. The fourth-order valence-electron chi connectivity index (χ4n) is 2.81. The van der Waals surface area contributed by atoms with Gasteiger partial charge in [0, 0.05) is 5.56 Å². The molecular weight excluding hydrogens is 248 g/mol. The Morgan fingerprint density at radius 2 is 1.95 bits per heavy atom. The lowest BCUT2D eigenvalue weighted by Gasteiger charge is -2.30. The highest BCUT2D eigenvalue weighted by molar-refractivity contribution is 6.72. The highest BCUT2D eigenvalue weighted by Crippen LogP contribution is 2.35. The van der Waals surface area contributed by atoms with Crippen molar-refractivity contribution in [3.63, 3.8) is 0 Å². The molecule has 0 saturated heterocycles. The summed E-state index contributed by atoms with van der Waals surface area (Å²) < 4.78 is 6.49. The molecule has 19 heavy (non-hydrogen) atoms. The second kappa shape index (κ2) is 5.38. The van der Waals surface area contributed by atoms with Gasteiger partial charge in [-0.15, -0.1) is 6.58 Å². The van der Waals surface area contributed by atoms with Crippen LogP contribution in [0.3, 0.4) is 0 Å². The molecule has 0 radical (unpaired) electrons. The van der Waals surface area contributed by atoms with Crippen LogP contribution in [0.1, 0.15) is 31.4 Å². The molecule has 0 aromatic heterocycles. The van der Waals surface area contributed by atoms with Crippen LogP contribution in [0.2, 0.25) is 19.1 Å². The van der Waals surface area contributed by atoms with Crippen molar-refractivity contribution in [2.24, 2.45) is 0 Å². The fraction of sp³-hybridized carbons (Fsp3) is 0.412. The fourth-order valence-corrected chi connectivity index (χ4v) is 5.17. The van der Waals surface area contributed by atoms with Crippen LogP contribution in [-0.4, -0.2) is 8.32 Å². The Morgan fingerprint density at radius 1 is 1.26 bits per heavy atom. The SMILES string of the molecule is C=C(C)C[Si](C)(C)OC1=C(C)CCc2ccccc21. The molecule has 2 rings (SSSR count). The molecule has 0 N–H and O–H groups in total. The first-order valence-corrected chi connectivity index (χ1v) is 10.1. The summed E-state index contributed by atoms with van der Waals surface area (Å²) in [4.78, 5) is 0. The van der Waals surface area contributed by atoms with Gasteiger partial charge in [-0.05, 0) is 57.0 Å². The van der Waals surface area contributed by atoms with Crippen LogP contribution in [0.15, 0.2) is 42.0 Å². The molecule has 1 nitrogen and oxygen atoms in total. The summed E-state index contributed by atoms with van der Waals surface area (Å²) in [7, 11) is -1.72. The maximum atomic E-state index is 6.49. The summed E-state index contributed by atoms with van der Waals surface area (Å²) in [5.74, 6) is 1.14. The van der Waals surface area contributed by atoms with E-state index in [0.29, 0.717) is 0 Å². The Balaban J connectivity index is 2.30. The molecule has 0 aliphatic heterocycles. The highest BCUT2D eigenvalue weighted by Gasteiger charge is 2.28. The summed E-state index contributed by atoms with van der Waals surface area (Å²) >= 11 is 0. The van der Waals surface area contributed by atoms with E-state index < -0.39 is 8.32 Å². The van der Waals surface area contributed by atoms with Gasteiger partial charge in [0.15, 0.2) is 0 Å². The minimum absolute atomic E-state index is 1.02. The van der Waals surface area contributed by atoms with Gasteiger partial charge in [-0.25, -0.2) is 0 Å². The summed E-state index contributed by atoms with van der Waals surface area (Å²) in [5, 5.41) is 0. The van der Waals surface area contributed by atoms with Crippen molar-refractivity contribution in [1.82, 2.24) is 0 Å². The van der Waals surface area contributed by atoms with Crippen LogP contribution in [0.4, 0.5) is 0 Å². The Morgan fingerprint density at radius 3 is 2.63 bits per heavy atom. The van der Waals surface area contributed by atoms with E-state index in [1.807, 2.05) is 0 Å². The van der Waals surface area contributed by atoms with Crippen molar-refractivity contribution in [3.05, 3.63) is 53.1 Å². The van der Waals surface area contributed by atoms with Crippen LogP contribution in [0, 0.1) is 0 Å². The number of rotatable bonds is 4. The Kier molecular flexibility index (Phi) is 4.00. The molecule has 0 atom stereocenters. The van der Waals surface area contributed by atoms with E-state index in [4.69, 9.17) is 4.43 Å². The maximum Gasteiger partial charge on any atom is 0.249 e. The van der Waals surface area contributed by atoms with Crippen molar-refractivity contribution in [1.29, 1.82) is 0 Å². The first kappa shape index (κ1) is 14.1. The molecule has 1 aromatic carbocycles. The second-order valence-electron chi connectivity index (χ2n) is 6.26. The Labute approximate surface area is 118 Å². The van der Waals surface area contributed by atoms with Crippen molar-refractivity contribution in [2.75, 3.05) is 0 Å². The molecule has 1 aliphatic carbocycles. The van der Waals surface area contributed by atoms with E-state index in [2.05, 4.69) is 57.8 Å². The summed E-state index contributed by atoms with van der Waals surface area (Å²) in [6, 6.07) is 9.66. The third kappa shape index (κ3) is 3.38. The van der Waals surface area contributed by atoms with Crippen molar-refractivity contribution < 1.29 is 4.43 Å². The average molecular weight is 272 g/mol. The topological polar surface area (TPSA) is 9.23 Å². The summed E-state index contributed by atoms with van der Waals surface area (Å²) in [5.41, 5.74) is 5.33. The van der Waals surface area contributed by atoms with E-state index in [1.165, 1.54) is 22.3 Å². The van der Waals surface area contributed by atoms with E-state index >= 15 is 0 Å².